The van der Waals surface area contributed by atoms with Crippen LogP contribution >= 0.6 is 11.5 Å². The first-order chi connectivity index (χ1) is 7.72. The molecule has 1 amide bonds. The zero-order valence-electron chi connectivity index (χ0n) is 9.17. The Bertz CT molecular complexity index is 355. The van der Waals surface area contributed by atoms with Crippen LogP contribution in [0.25, 0.3) is 0 Å². The third-order valence-electron chi connectivity index (χ3n) is 3.08. The van der Waals surface area contributed by atoms with Crippen LogP contribution in [-0.2, 0) is 0 Å². The van der Waals surface area contributed by atoms with Gasteiger partial charge in [0.15, 0.2) is 5.69 Å². The molecule has 2 unspecified atom stereocenters. The number of aliphatic hydroxyl groups excluding tert-OH is 1. The van der Waals surface area contributed by atoms with Crippen LogP contribution in [0.3, 0.4) is 0 Å². The number of nitrogens with zero attached hydrogens (tertiary/aromatic N) is 3. The zero-order chi connectivity index (χ0) is 11.5. The van der Waals surface area contributed by atoms with Crippen molar-refractivity contribution in [3.05, 3.63) is 11.1 Å². The van der Waals surface area contributed by atoms with Gasteiger partial charge in [-0.1, -0.05) is 4.49 Å². The first kappa shape index (κ1) is 11.5. The Labute approximate surface area is 98.2 Å². The van der Waals surface area contributed by atoms with Crippen molar-refractivity contribution in [3.8, 4) is 0 Å². The van der Waals surface area contributed by atoms with Gasteiger partial charge in [0.1, 0.15) is 0 Å². The first-order valence-corrected chi connectivity index (χ1v) is 6.25. The van der Waals surface area contributed by atoms with Gasteiger partial charge in [-0.05, 0) is 37.2 Å². The fourth-order valence-electron chi connectivity index (χ4n) is 2.02. The maximum atomic E-state index is 12.1. The second kappa shape index (κ2) is 4.88. The molecule has 2 rings (SSSR count). The summed E-state index contributed by atoms with van der Waals surface area (Å²) in [5.41, 5.74) is 0.412. The second-order valence-corrected chi connectivity index (χ2v) is 4.83. The molecule has 1 aromatic heterocycles. The summed E-state index contributed by atoms with van der Waals surface area (Å²) >= 11 is 1.18. The molecule has 0 aromatic carbocycles. The quantitative estimate of drug-likeness (QED) is 0.830. The molecule has 0 radical (unpaired) electrons. The lowest BCUT2D eigenvalue weighted by molar-refractivity contribution is 0.0483. The van der Waals surface area contributed by atoms with Crippen LogP contribution in [0.2, 0.25) is 0 Å². The summed E-state index contributed by atoms with van der Waals surface area (Å²) in [5.74, 6) is 0.131. The van der Waals surface area contributed by atoms with Crippen molar-refractivity contribution in [2.24, 2.45) is 5.92 Å². The zero-order valence-corrected chi connectivity index (χ0v) is 9.98. The molecule has 16 heavy (non-hydrogen) atoms. The third-order valence-corrected chi connectivity index (χ3v) is 3.58. The summed E-state index contributed by atoms with van der Waals surface area (Å²) < 4.78 is 3.70. The molecule has 1 aliphatic heterocycles. The molecule has 0 aliphatic carbocycles. The number of likely N-dealkylation sites (tertiary alicyclic amines) is 1. The molecule has 2 atom stereocenters. The lowest BCUT2D eigenvalue weighted by atomic mass is 9.94. The Morgan fingerprint density at radius 3 is 3.12 bits per heavy atom. The highest BCUT2D eigenvalue weighted by Crippen LogP contribution is 2.23. The van der Waals surface area contributed by atoms with Crippen LogP contribution < -0.4 is 0 Å². The van der Waals surface area contributed by atoms with E-state index in [1.807, 2.05) is 6.92 Å². The summed E-state index contributed by atoms with van der Waals surface area (Å²) in [7, 11) is 0. The topological polar surface area (TPSA) is 66.3 Å². The van der Waals surface area contributed by atoms with Crippen molar-refractivity contribution >= 4 is 17.4 Å². The standard InChI is InChI=1S/C10H15N3O2S/c1-7-2-3-8(5-14)4-13(7)10(15)9-6-16-12-11-9/h6-8,14H,2-5H2,1H3. The van der Waals surface area contributed by atoms with Crippen LogP contribution in [0.5, 0.6) is 0 Å². The van der Waals surface area contributed by atoms with E-state index >= 15 is 0 Å². The number of rotatable bonds is 2. The van der Waals surface area contributed by atoms with E-state index in [4.69, 9.17) is 5.11 Å². The Hall–Kier alpha value is -1.01. The molecule has 6 heteroatoms. The smallest absolute Gasteiger partial charge is 0.275 e. The molecular formula is C10H15N3O2S. The van der Waals surface area contributed by atoms with Crippen LogP contribution in [0.4, 0.5) is 0 Å². The molecule has 0 bridgehead atoms. The van der Waals surface area contributed by atoms with Gasteiger partial charge in [-0.2, -0.15) is 0 Å². The van der Waals surface area contributed by atoms with E-state index in [1.54, 1.807) is 10.3 Å². The number of carbonyl (C=O) groups is 1. The predicted octanol–water partition coefficient (Wildman–Crippen LogP) is 0.771. The van der Waals surface area contributed by atoms with Gasteiger partial charge in [-0.25, -0.2) is 0 Å². The Kier molecular flexibility index (Phi) is 3.50. The van der Waals surface area contributed by atoms with E-state index in [0.717, 1.165) is 12.8 Å². The van der Waals surface area contributed by atoms with Crippen LogP contribution in [-0.4, -0.2) is 44.7 Å². The highest BCUT2D eigenvalue weighted by molar-refractivity contribution is 7.03. The summed E-state index contributed by atoms with van der Waals surface area (Å²) in [5, 5.41) is 14.6. The summed E-state index contributed by atoms with van der Waals surface area (Å²) in [4.78, 5) is 13.9. The molecule has 88 valence electrons. The monoisotopic (exact) mass is 241 g/mol. The minimum atomic E-state index is -0.0700. The molecular weight excluding hydrogens is 226 g/mol. The maximum Gasteiger partial charge on any atom is 0.275 e. The summed E-state index contributed by atoms with van der Waals surface area (Å²) in [6.07, 6.45) is 1.92. The van der Waals surface area contributed by atoms with E-state index < -0.39 is 0 Å². The molecule has 1 aliphatic rings. The number of aromatic nitrogens is 2. The summed E-state index contributed by atoms with van der Waals surface area (Å²) in [6, 6.07) is 0.219. The van der Waals surface area contributed by atoms with Crippen molar-refractivity contribution < 1.29 is 9.90 Å². The Balaban J connectivity index is 2.09. The van der Waals surface area contributed by atoms with Crippen LogP contribution in [0.1, 0.15) is 30.3 Å². The molecule has 1 fully saturated rings. The van der Waals surface area contributed by atoms with E-state index in [-0.39, 0.29) is 24.5 Å². The summed E-state index contributed by atoms with van der Waals surface area (Å²) in [6.45, 7) is 2.80. The largest absolute Gasteiger partial charge is 0.396 e. The molecule has 0 spiro atoms. The molecule has 5 nitrogen and oxygen atoms in total. The van der Waals surface area contributed by atoms with Gasteiger partial charge in [0.2, 0.25) is 0 Å². The lowest BCUT2D eigenvalue weighted by Crippen LogP contribution is -2.46. The first-order valence-electron chi connectivity index (χ1n) is 5.41. The number of carbonyl (C=O) groups excluding carboxylic acids is 1. The SMILES string of the molecule is CC1CCC(CO)CN1C(=O)c1csnn1. The number of piperidine rings is 1. The van der Waals surface area contributed by atoms with E-state index in [1.165, 1.54) is 11.5 Å². The van der Waals surface area contributed by atoms with Crippen molar-refractivity contribution in [2.45, 2.75) is 25.8 Å². The van der Waals surface area contributed by atoms with Gasteiger partial charge in [0.05, 0.1) is 0 Å². The molecule has 0 saturated carbocycles. The van der Waals surface area contributed by atoms with Crippen LogP contribution in [0.15, 0.2) is 5.38 Å². The van der Waals surface area contributed by atoms with Gasteiger partial charge < -0.3 is 10.0 Å². The normalized spacial score (nSPS) is 25.8. The highest BCUT2D eigenvalue weighted by Gasteiger charge is 2.30. The maximum absolute atomic E-state index is 12.1. The number of hydrogen-bond donors (Lipinski definition) is 1. The number of hydrogen-bond acceptors (Lipinski definition) is 5. The van der Waals surface area contributed by atoms with E-state index in [0.29, 0.717) is 12.2 Å². The fraction of sp³-hybridized carbons (Fsp3) is 0.700. The number of aliphatic hydroxyl groups is 1. The highest BCUT2D eigenvalue weighted by atomic mass is 32.1. The minimum Gasteiger partial charge on any atom is -0.396 e. The van der Waals surface area contributed by atoms with Gasteiger partial charge in [0.25, 0.3) is 5.91 Å². The Morgan fingerprint density at radius 2 is 2.50 bits per heavy atom. The van der Waals surface area contributed by atoms with Crippen LogP contribution in [0, 0.1) is 5.92 Å². The minimum absolute atomic E-state index is 0.0700. The average Bonchev–Trinajstić information content (AvgIpc) is 2.82. The van der Waals surface area contributed by atoms with E-state index in [9.17, 15) is 4.79 Å². The van der Waals surface area contributed by atoms with Crippen molar-refractivity contribution in [1.82, 2.24) is 14.5 Å². The second-order valence-electron chi connectivity index (χ2n) is 4.22. The molecule has 1 aromatic rings. The van der Waals surface area contributed by atoms with E-state index in [2.05, 4.69) is 9.59 Å². The van der Waals surface area contributed by atoms with Crippen molar-refractivity contribution in [3.63, 3.8) is 0 Å². The Morgan fingerprint density at radius 1 is 1.69 bits per heavy atom. The van der Waals surface area contributed by atoms with Gasteiger partial charge in [-0.3, -0.25) is 4.79 Å². The molecule has 1 saturated heterocycles. The van der Waals surface area contributed by atoms with Crippen molar-refractivity contribution in [1.29, 1.82) is 0 Å². The average molecular weight is 241 g/mol. The van der Waals surface area contributed by atoms with Gasteiger partial charge in [0, 0.05) is 24.6 Å². The van der Waals surface area contributed by atoms with Gasteiger partial charge >= 0.3 is 0 Å². The fourth-order valence-corrected chi connectivity index (χ4v) is 2.45. The molecule has 1 N–H and O–H groups in total. The lowest BCUT2D eigenvalue weighted by Gasteiger charge is -2.36. The third kappa shape index (κ3) is 2.22. The van der Waals surface area contributed by atoms with Gasteiger partial charge in [-0.15, -0.1) is 5.10 Å². The molecule has 2 heterocycles. The van der Waals surface area contributed by atoms with Crippen molar-refractivity contribution in [2.75, 3.05) is 13.2 Å². The number of amides is 1. The predicted molar refractivity (Wildman–Crippen MR) is 60.2 cm³/mol.